The average molecular weight is 373 g/mol. The predicted molar refractivity (Wildman–Crippen MR) is 109 cm³/mol. The van der Waals surface area contributed by atoms with Crippen LogP contribution in [-0.4, -0.2) is 55.0 Å². The summed E-state index contributed by atoms with van der Waals surface area (Å²) >= 11 is 0. The molecule has 2 fully saturated rings. The van der Waals surface area contributed by atoms with E-state index in [0.29, 0.717) is 6.54 Å². The number of piperidine rings is 2. The van der Waals surface area contributed by atoms with Gasteiger partial charge in [0.1, 0.15) is 5.82 Å². The minimum atomic E-state index is -0.183. The Morgan fingerprint density at radius 1 is 1.26 bits per heavy atom. The molecule has 2 aliphatic heterocycles. The number of likely N-dealkylation sites (tertiary alicyclic amines) is 1. The Morgan fingerprint density at radius 3 is 2.59 bits per heavy atom. The van der Waals surface area contributed by atoms with Gasteiger partial charge in [-0.3, -0.25) is 9.79 Å². The summed E-state index contributed by atoms with van der Waals surface area (Å²) in [7, 11) is 1.85. The van der Waals surface area contributed by atoms with Gasteiger partial charge in [-0.25, -0.2) is 4.98 Å². The van der Waals surface area contributed by atoms with E-state index in [2.05, 4.69) is 38.1 Å². The monoisotopic (exact) mass is 372 g/mol. The van der Waals surface area contributed by atoms with E-state index in [9.17, 15) is 4.79 Å². The van der Waals surface area contributed by atoms with Crippen LogP contribution >= 0.6 is 0 Å². The first-order chi connectivity index (χ1) is 13.1. The lowest BCUT2D eigenvalue weighted by Crippen LogP contribution is -2.45. The minimum Gasteiger partial charge on any atom is -0.369 e. The molecule has 2 aliphatic rings. The van der Waals surface area contributed by atoms with Crippen molar-refractivity contribution in [2.75, 3.05) is 38.1 Å². The molecule has 0 unspecified atom stereocenters. The molecule has 1 aromatic rings. The third-order valence-corrected chi connectivity index (χ3v) is 5.80. The molecular weight excluding hydrogens is 340 g/mol. The van der Waals surface area contributed by atoms with E-state index in [1.807, 2.05) is 19.3 Å². The maximum atomic E-state index is 11.4. The molecule has 0 saturated carbocycles. The molecule has 0 bridgehead atoms. The molecule has 3 rings (SSSR count). The number of hydrogen-bond donors (Lipinski definition) is 2. The van der Waals surface area contributed by atoms with Crippen molar-refractivity contribution < 1.29 is 4.79 Å². The Balaban J connectivity index is 1.62. The summed E-state index contributed by atoms with van der Waals surface area (Å²) in [4.78, 5) is 25.1. The normalized spacial score (nSPS) is 20.0. The first-order valence-electron chi connectivity index (χ1n) is 10.0. The summed E-state index contributed by atoms with van der Waals surface area (Å²) in [5.74, 6) is 2.57. The molecule has 0 radical (unpaired) electrons. The van der Waals surface area contributed by atoms with Crippen LogP contribution < -0.4 is 16.0 Å². The highest BCUT2D eigenvalue weighted by atomic mass is 16.1. The van der Waals surface area contributed by atoms with Gasteiger partial charge in [0.15, 0.2) is 5.96 Å². The largest absolute Gasteiger partial charge is 0.369 e. The number of hydrogen-bond acceptors (Lipinski definition) is 4. The van der Waals surface area contributed by atoms with Crippen LogP contribution in [0, 0.1) is 11.8 Å². The number of nitrogens with one attached hydrogen (secondary N) is 1. The van der Waals surface area contributed by atoms with Crippen LogP contribution in [0.2, 0.25) is 0 Å². The van der Waals surface area contributed by atoms with Crippen molar-refractivity contribution in [1.29, 1.82) is 0 Å². The van der Waals surface area contributed by atoms with Gasteiger partial charge < -0.3 is 20.9 Å². The van der Waals surface area contributed by atoms with Gasteiger partial charge in [0.2, 0.25) is 5.91 Å². The number of rotatable bonds is 4. The molecule has 7 heteroatoms. The van der Waals surface area contributed by atoms with Crippen molar-refractivity contribution in [3.8, 4) is 0 Å². The Kier molecular flexibility index (Phi) is 6.53. The summed E-state index contributed by atoms with van der Waals surface area (Å²) < 4.78 is 0. The van der Waals surface area contributed by atoms with Crippen molar-refractivity contribution >= 4 is 17.7 Å². The smallest absolute Gasteiger partial charge is 0.220 e. The lowest BCUT2D eigenvalue weighted by molar-refractivity contribution is -0.122. The molecule has 3 N–H and O–H groups in total. The predicted octanol–water partition coefficient (Wildman–Crippen LogP) is 1.59. The first kappa shape index (κ1) is 19.5. The topological polar surface area (TPSA) is 86.9 Å². The molecule has 0 spiro atoms. The number of primary amides is 1. The molecule has 7 nitrogen and oxygen atoms in total. The molecule has 1 aromatic heterocycles. The summed E-state index contributed by atoms with van der Waals surface area (Å²) in [5, 5.41) is 3.51. The zero-order valence-electron chi connectivity index (χ0n) is 16.5. The second-order valence-electron chi connectivity index (χ2n) is 7.72. The number of anilines is 1. The highest BCUT2D eigenvalue weighted by Gasteiger charge is 2.25. The van der Waals surface area contributed by atoms with Crippen LogP contribution in [0.5, 0.6) is 0 Å². The fourth-order valence-corrected chi connectivity index (χ4v) is 3.96. The second kappa shape index (κ2) is 9.06. The van der Waals surface area contributed by atoms with Crippen molar-refractivity contribution in [3.63, 3.8) is 0 Å². The van der Waals surface area contributed by atoms with Crippen LogP contribution in [0.4, 0.5) is 5.82 Å². The number of carbonyl (C=O) groups is 1. The Morgan fingerprint density at radius 2 is 1.96 bits per heavy atom. The summed E-state index contributed by atoms with van der Waals surface area (Å²) in [6, 6.07) is 4.09. The molecule has 1 amide bonds. The van der Waals surface area contributed by atoms with Crippen LogP contribution in [0.15, 0.2) is 23.3 Å². The fraction of sp³-hybridized carbons (Fsp3) is 0.650. The maximum Gasteiger partial charge on any atom is 0.220 e. The van der Waals surface area contributed by atoms with Crippen molar-refractivity contribution in [1.82, 2.24) is 15.2 Å². The van der Waals surface area contributed by atoms with E-state index in [0.717, 1.165) is 62.3 Å². The lowest BCUT2D eigenvalue weighted by Gasteiger charge is -2.34. The van der Waals surface area contributed by atoms with Crippen LogP contribution in [0.1, 0.15) is 38.2 Å². The number of nitrogens with two attached hydrogens (primary N) is 1. The second-order valence-corrected chi connectivity index (χ2v) is 7.72. The lowest BCUT2D eigenvalue weighted by atomic mass is 9.96. The molecular formula is C20H32N6O. The van der Waals surface area contributed by atoms with Crippen molar-refractivity contribution in [2.45, 2.75) is 39.2 Å². The van der Waals surface area contributed by atoms with Gasteiger partial charge in [-0.2, -0.15) is 0 Å². The number of guanidine groups is 1. The maximum absolute atomic E-state index is 11.4. The number of carbonyl (C=O) groups excluding carboxylic acids is 1. The van der Waals surface area contributed by atoms with E-state index in [-0.39, 0.29) is 11.8 Å². The van der Waals surface area contributed by atoms with E-state index in [1.54, 1.807) is 0 Å². The Bertz CT molecular complexity index is 660. The minimum absolute atomic E-state index is 0.00754. The number of amides is 1. The van der Waals surface area contributed by atoms with Gasteiger partial charge in [0.25, 0.3) is 0 Å². The molecule has 27 heavy (non-hydrogen) atoms. The molecule has 3 heterocycles. The van der Waals surface area contributed by atoms with E-state index < -0.39 is 0 Å². The van der Waals surface area contributed by atoms with E-state index in [1.165, 1.54) is 12.8 Å². The van der Waals surface area contributed by atoms with Crippen LogP contribution in [0.3, 0.4) is 0 Å². The Labute approximate surface area is 162 Å². The molecule has 148 valence electrons. The van der Waals surface area contributed by atoms with Gasteiger partial charge in [-0.05, 0) is 37.7 Å². The highest BCUT2D eigenvalue weighted by Crippen LogP contribution is 2.24. The van der Waals surface area contributed by atoms with E-state index in [4.69, 9.17) is 5.73 Å². The van der Waals surface area contributed by atoms with Gasteiger partial charge in [0, 0.05) is 57.4 Å². The van der Waals surface area contributed by atoms with Gasteiger partial charge in [-0.15, -0.1) is 0 Å². The first-order valence-corrected chi connectivity index (χ1v) is 10.0. The summed E-state index contributed by atoms with van der Waals surface area (Å²) in [6.07, 6.45) is 5.86. The number of aromatic nitrogens is 1. The molecule has 0 aromatic carbocycles. The third-order valence-electron chi connectivity index (χ3n) is 5.80. The quantitative estimate of drug-likeness (QED) is 0.619. The van der Waals surface area contributed by atoms with Gasteiger partial charge in [0.05, 0.1) is 0 Å². The van der Waals surface area contributed by atoms with Crippen LogP contribution in [-0.2, 0) is 11.3 Å². The van der Waals surface area contributed by atoms with Gasteiger partial charge >= 0.3 is 0 Å². The number of aliphatic imine (C=N–C) groups is 1. The average Bonchev–Trinajstić information content (AvgIpc) is 2.70. The van der Waals surface area contributed by atoms with Crippen LogP contribution in [0.25, 0.3) is 0 Å². The summed E-state index contributed by atoms with van der Waals surface area (Å²) in [5.41, 5.74) is 6.61. The summed E-state index contributed by atoms with van der Waals surface area (Å²) in [6.45, 7) is 6.75. The number of pyridine rings is 1. The highest BCUT2D eigenvalue weighted by molar-refractivity contribution is 5.80. The van der Waals surface area contributed by atoms with Gasteiger partial charge in [-0.1, -0.05) is 13.0 Å². The molecule has 0 aliphatic carbocycles. The zero-order valence-corrected chi connectivity index (χ0v) is 16.5. The standard InChI is InChI=1S/C20H32N6O/c1-15-5-10-26(11-6-15)20(22-2)24-14-17-4-3-9-23-19(17)25-12-7-16(8-13-25)18(21)27/h3-4,9,15-16H,5-8,10-14H2,1-2H3,(H2,21,27)(H,22,24). The fourth-order valence-electron chi connectivity index (χ4n) is 3.96. The third kappa shape index (κ3) is 4.90. The SMILES string of the molecule is CN=C(NCc1cccnc1N1CCC(C(N)=O)CC1)N1CCC(C)CC1. The van der Waals surface area contributed by atoms with E-state index >= 15 is 0 Å². The van der Waals surface area contributed by atoms with Crippen molar-refractivity contribution in [2.24, 2.45) is 22.6 Å². The Hall–Kier alpha value is -2.31. The molecule has 2 saturated heterocycles. The molecule has 0 atom stereocenters. The van der Waals surface area contributed by atoms with Crippen molar-refractivity contribution in [3.05, 3.63) is 23.9 Å². The zero-order chi connectivity index (χ0) is 19.2. The number of nitrogens with zero attached hydrogens (tertiary/aromatic N) is 4.